The Morgan fingerprint density at radius 3 is 2.41 bits per heavy atom. The first-order valence-electron chi connectivity index (χ1n) is 9.52. The van der Waals surface area contributed by atoms with Crippen LogP contribution in [-0.2, 0) is 11.3 Å². The van der Waals surface area contributed by atoms with Crippen molar-refractivity contribution in [2.24, 2.45) is 4.99 Å². The van der Waals surface area contributed by atoms with E-state index < -0.39 is 0 Å². The van der Waals surface area contributed by atoms with Crippen LogP contribution in [0.25, 0.3) is 0 Å². The standard InChI is InChI=1S/C22H30N4O2.HI/c1-5-28-20-14-10-9-13-19(20)15-23-22(24-16-21(27)26(3)4)25-17(2)18-11-7-6-8-12-18;/h6-14,17H,5,15-16H2,1-4H3,(H2,23,24,25);1H. The molecule has 0 aliphatic carbocycles. The van der Waals surface area contributed by atoms with Crippen LogP contribution in [0.3, 0.4) is 0 Å². The molecule has 0 aliphatic rings. The Bertz CT molecular complexity index is 781. The number of para-hydroxylation sites is 1. The molecule has 1 atom stereocenters. The molecule has 1 amide bonds. The van der Waals surface area contributed by atoms with Crippen LogP contribution in [0.2, 0.25) is 0 Å². The van der Waals surface area contributed by atoms with E-state index in [0.29, 0.717) is 19.1 Å². The van der Waals surface area contributed by atoms with Gasteiger partial charge in [0.05, 0.1) is 25.7 Å². The summed E-state index contributed by atoms with van der Waals surface area (Å²) < 4.78 is 5.68. The fourth-order valence-electron chi connectivity index (χ4n) is 2.60. The molecule has 0 aliphatic heterocycles. The van der Waals surface area contributed by atoms with Crippen molar-refractivity contribution >= 4 is 35.8 Å². The number of hydrogen-bond donors (Lipinski definition) is 2. The molecular weight excluding hydrogens is 479 g/mol. The molecule has 0 saturated heterocycles. The van der Waals surface area contributed by atoms with Crippen LogP contribution in [0.1, 0.15) is 31.0 Å². The Hall–Kier alpha value is -2.29. The summed E-state index contributed by atoms with van der Waals surface area (Å²) in [6.45, 7) is 5.25. The van der Waals surface area contributed by atoms with Crippen LogP contribution >= 0.6 is 24.0 Å². The van der Waals surface area contributed by atoms with Gasteiger partial charge in [0, 0.05) is 19.7 Å². The third-order valence-corrected chi connectivity index (χ3v) is 4.24. The van der Waals surface area contributed by atoms with Crippen LogP contribution in [0.15, 0.2) is 59.6 Å². The summed E-state index contributed by atoms with van der Waals surface area (Å²) in [5.41, 5.74) is 2.14. The maximum absolute atomic E-state index is 12.0. The van der Waals surface area contributed by atoms with E-state index >= 15 is 0 Å². The van der Waals surface area contributed by atoms with Gasteiger partial charge in [0.2, 0.25) is 5.91 Å². The van der Waals surface area contributed by atoms with Gasteiger partial charge in [-0.1, -0.05) is 48.5 Å². The number of carbonyl (C=O) groups is 1. The Labute approximate surface area is 190 Å². The number of likely N-dealkylation sites (N-methyl/N-ethyl adjacent to an activating group) is 1. The van der Waals surface area contributed by atoms with Crippen LogP contribution in [0.5, 0.6) is 5.75 Å². The SMILES string of the molecule is CCOc1ccccc1CN=C(NCC(=O)N(C)C)NC(C)c1ccccc1.I. The zero-order valence-electron chi connectivity index (χ0n) is 17.5. The lowest BCUT2D eigenvalue weighted by Crippen LogP contribution is -2.43. The second-order valence-corrected chi connectivity index (χ2v) is 6.62. The van der Waals surface area contributed by atoms with E-state index in [2.05, 4.69) is 34.7 Å². The number of nitrogens with one attached hydrogen (secondary N) is 2. The van der Waals surface area contributed by atoms with E-state index in [1.807, 2.05) is 49.4 Å². The topological polar surface area (TPSA) is 66.0 Å². The summed E-state index contributed by atoms with van der Waals surface area (Å²) in [7, 11) is 3.47. The average molecular weight is 510 g/mol. The zero-order valence-corrected chi connectivity index (χ0v) is 19.8. The molecular formula is C22H31IN4O2. The number of guanidine groups is 1. The Morgan fingerprint density at radius 1 is 1.10 bits per heavy atom. The van der Waals surface area contributed by atoms with Gasteiger partial charge in [0.25, 0.3) is 0 Å². The van der Waals surface area contributed by atoms with E-state index in [-0.39, 0.29) is 42.5 Å². The lowest BCUT2D eigenvalue weighted by molar-refractivity contribution is -0.127. The summed E-state index contributed by atoms with van der Waals surface area (Å²) in [6, 6.07) is 18.0. The summed E-state index contributed by atoms with van der Waals surface area (Å²) in [5.74, 6) is 1.39. The highest BCUT2D eigenvalue weighted by Crippen LogP contribution is 2.19. The minimum atomic E-state index is -0.0171. The van der Waals surface area contributed by atoms with Gasteiger partial charge in [-0.15, -0.1) is 24.0 Å². The number of aliphatic imine (C=N–C) groups is 1. The minimum absolute atomic E-state index is 0. The fourth-order valence-corrected chi connectivity index (χ4v) is 2.60. The first kappa shape index (κ1) is 24.7. The van der Waals surface area contributed by atoms with Gasteiger partial charge < -0.3 is 20.3 Å². The number of carbonyl (C=O) groups excluding carboxylic acids is 1. The number of nitrogens with zero attached hydrogens (tertiary/aromatic N) is 2. The molecule has 0 spiro atoms. The Morgan fingerprint density at radius 2 is 1.76 bits per heavy atom. The lowest BCUT2D eigenvalue weighted by atomic mass is 10.1. The Kier molecular flexibility index (Phi) is 11.1. The Balaban J connectivity index is 0.00000420. The molecule has 0 fully saturated rings. The molecule has 1 unspecified atom stereocenters. The van der Waals surface area contributed by atoms with Gasteiger partial charge in [0.1, 0.15) is 5.75 Å². The molecule has 158 valence electrons. The molecule has 2 aromatic carbocycles. The number of hydrogen-bond acceptors (Lipinski definition) is 3. The zero-order chi connectivity index (χ0) is 20.4. The van der Waals surface area contributed by atoms with Crippen LogP contribution in [0, 0.1) is 0 Å². The summed E-state index contributed by atoms with van der Waals surface area (Å²) in [6.07, 6.45) is 0. The minimum Gasteiger partial charge on any atom is -0.494 e. The maximum atomic E-state index is 12.0. The summed E-state index contributed by atoms with van der Waals surface area (Å²) >= 11 is 0. The summed E-state index contributed by atoms with van der Waals surface area (Å²) in [4.78, 5) is 18.2. The molecule has 2 aromatic rings. The quantitative estimate of drug-likeness (QED) is 0.324. The van der Waals surface area contributed by atoms with Crippen molar-refractivity contribution in [1.82, 2.24) is 15.5 Å². The largest absolute Gasteiger partial charge is 0.494 e. The third-order valence-electron chi connectivity index (χ3n) is 4.24. The number of amides is 1. The van der Waals surface area contributed by atoms with Crippen molar-refractivity contribution in [2.45, 2.75) is 26.4 Å². The maximum Gasteiger partial charge on any atom is 0.241 e. The number of benzene rings is 2. The predicted octanol–water partition coefficient (Wildman–Crippen LogP) is 3.59. The van der Waals surface area contributed by atoms with Crippen molar-refractivity contribution in [3.8, 4) is 5.75 Å². The van der Waals surface area contributed by atoms with Crippen LogP contribution < -0.4 is 15.4 Å². The lowest BCUT2D eigenvalue weighted by Gasteiger charge is -2.20. The van der Waals surface area contributed by atoms with Gasteiger partial charge in [-0.2, -0.15) is 0 Å². The second kappa shape index (κ2) is 13.0. The molecule has 0 aromatic heterocycles. The van der Waals surface area contributed by atoms with E-state index in [4.69, 9.17) is 4.74 Å². The molecule has 7 heteroatoms. The molecule has 6 nitrogen and oxygen atoms in total. The highest BCUT2D eigenvalue weighted by Gasteiger charge is 2.11. The van der Waals surface area contributed by atoms with E-state index in [1.165, 1.54) is 0 Å². The average Bonchev–Trinajstić information content (AvgIpc) is 2.71. The van der Waals surface area contributed by atoms with Gasteiger partial charge in [0.15, 0.2) is 5.96 Å². The third kappa shape index (κ3) is 8.31. The molecule has 2 N–H and O–H groups in total. The number of ether oxygens (including phenoxy) is 1. The van der Waals surface area contributed by atoms with Gasteiger partial charge in [-0.05, 0) is 25.5 Å². The van der Waals surface area contributed by atoms with E-state index in [1.54, 1.807) is 19.0 Å². The van der Waals surface area contributed by atoms with Crippen molar-refractivity contribution in [3.63, 3.8) is 0 Å². The molecule has 0 saturated carbocycles. The second-order valence-electron chi connectivity index (χ2n) is 6.62. The van der Waals surface area contributed by atoms with Gasteiger partial charge in [-0.25, -0.2) is 4.99 Å². The highest BCUT2D eigenvalue weighted by atomic mass is 127. The van der Waals surface area contributed by atoms with Crippen LogP contribution in [0.4, 0.5) is 0 Å². The fraction of sp³-hybridized carbons (Fsp3) is 0.364. The first-order chi connectivity index (χ1) is 13.5. The monoisotopic (exact) mass is 510 g/mol. The highest BCUT2D eigenvalue weighted by molar-refractivity contribution is 14.0. The normalized spacial score (nSPS) is 11.8. The first-order valence-corrected chi connectivity index (χ1v) is 9.52. The molecule has 2 rings (SSSR count). The van der Waals surface area contributed by atoms with Crippen LogP contribution in [-0.4, -0.2) is 44.0 Å². The smallest absolute Gasteiger partial charge is 0.241 e. The van der Waals surface area contributed by atoms with E-state index in [9.17, 15) is 4.79 Å². The number of rotatable bonds is 8. The van der Waals surface area contributed by atoms with Crippen molar-refractivity contribution in [2.75, 3.05) is 27.2 Å². The van der Waals surface area contributed by atoms with E-state index in [0.717, 1.165) is 16.9 Å². The predicted molar refractivity (Wildman–Crippen MR) is 129 cm³/mol. The molecule has 0 heterocycles. The summed E-state index contributed by atoms with van der Waals surface area (Å²) in [5, 5.41) is 6.51. The van der Waals surface area contributed by atoms with Crippen molar-refractivity contribution in [1.29, 1.82) is 0 Å². The van der Waals surface area contributed by atoms with Gasteiger partial charge >= 0.3 is 0 Å². The van der Waals surface area contributed by atoms with Crippen molar-refractivity contribution in [3.05, 3.63) is 65.7 Å². The van der Waals surface area contributed by atoms with Crippen molar-refractivity contribution < 1.29 is 9.53 Å². The molecule has 29 heavy (non-hydrogen) atoms. The molecule has 0 radical (unpaired) electrons. The number of halogens is 1. The van der Waals surface area contributed by atoms with Gasteiger partial charge in [-0.3, -0.25) is 4.79 Å². The molecule has 0 bridgehead atoms.